The fraction of sp³-hybridized carbons (Fsp3) is 0.192. The number of amides is 1. The molecule has 5 aromatic rings. The van der Waals surface area contributed by atoms with Gasteiger partial charge in [-0.25, -0.2) is 9.97 Å². The van der Waals surface area contributed by atoms with E-state index in [0.29, 0.717) is 56.1 Å². The van der Waals surface area contributed by atoms with Crippen LogP contribution in [0.3, 0.4) is 0 Å². The number of benzene rings is 1. The lowest BCUT2D eigenvalue weighted by Gasteiger charge is -2.14. The van der Waals surface area contributed by atoms with E-state index in [1.807, 2.05) is 25.1 Å². The first-order valence-corrected chi connectivity index (χ1v) is 12.6. The van der Waals surface area contributed by atoms with E-state index in [2.05, 4.69) is 5.32 Å². The summed E-state index contributed by atoms with van der Waals surface area (Å²) in [6, 6.07) is 12.5. The molecule has 0 aliphatic heterocycles. The average molecular weight is 535 g/mol. The third-order valence-corrected chi connectivity index (χ3v) is 7.09. The number of ether oxygens (including phenoxy) is 1. The van der Waals surface area contributed by atoms with E-state index in [9.17, 15) is 9.59 Å². The lowest BCUT2D eigenvalue weighted by Crippen LogP contribution is -2.28. The number of pyridine rings is 2. The summed E-state index contributed by atoms with van der Waals surface area (Å²) < 4.78 is 8.45. The molecule has 0 saturated carbocycles. The first-order valence-electron chi connectivity index (χ1n) is 11.4. The molecule has 5 rings (SSSR count). The monoisotopic (exact) mass is 534 g/mol. The quantitative estimate of drug-likeness (QED) is 0.312. The van der Waals surface area contributed by atoms with Crippen LogP contribution < -0.4 is 16.4 Å². The van der Waals surface area contributed by atoms with Gasteiger partial charge in [0, 0.05) is 37.4 Å². The zero-order chi connectivity index (χ0) is 26.3. The summed E-state index contributed by atoms with van der Waals surface area (Å²) in [4.78, 5) is 35.0. The minimum absolute atomic E-state index is 0.138. The van der Waals surface area contributed by atoms with Crippen molar-refractivity contribution in [3.63, 3.8) is 0 Å². The van der Waals surface area contributed by atoms with Crippen molar-refractivity contribution in [1.29, 1.82) is 5.41 Å². The molecule has 188 valence electrons. The number of hydrogen-bond donors (Lipinski definition) is 2. The van der Waals surface area contributed by atoms with Crippen LogP contribution >= 0.6 is 22.9 Å². The number of nitrogens with one attached hydrogen (secondary N) is 2. The molecular weight excluding hydrogens is 512 g/mol. The number of methoxy groups -OCH3 is 1. The number of carbonyl (C=O) groups excluding carboxylic acids is 1. The molecule has 4 aromatic heterocycles. The molecule has 0 spiro atoms. The zero-order valence-electron chi connectivity index (χ0n) is 20.3. The van der Waals surface area contributed by atoms with Crippen molar-refractivity contribution in [2.45, 2.75) is 20.4 Å². The van der Waals surface area contributed by atoms with Gasteiger partial charge in [0.2, 0.25) is 5.91 Å². The molecular formula is C26H23ClN6O3S. The van der Waals surface area contributed by atoms with Crippen LogP contribution in [0.2, 0.25) is 5.02 Å². The Balaban J connectivity index is 1.80. The van der Waals surface area contributed by atoms with E-state index in [1.54, 1.807) is 42.1 Å². The first kappa shape index (κ1) is 24.8. The second kappa shape index (κ2) is 9.89. The summed E-state index contributed by atoms with van der Waals surface area (Å²) in [5, 5.41) is 13.8. The summed E-state index contributed by atoms with van der Waals surface area (Å²) in [6.45, 7) is 3.98. The Morgan fingerprint density at radius 3 is 2.65 bits per heavy atom. The Morgan fingerprint density at radius 2 is 1.95 bits per heavy atom. The van der Waals surface area contributed by atoms with Crippen LogP contribution in [0.5, 0.6) is 0 Å². The molecule has 0 atom stereocenters. The number of hydrogen-bond acceptors (Lipinski definition) is 7. The van der Waals surface area contributed by atoms with Gasteiger partial charge in [-0.2, -0.15) is 0 Å². The molecule has 0 aliphatic rings. The van der Waals surface area contributed by atoms with Crippen LogP contribution in [0.25, 0.3) is 38.5 Å². The number of halogens is 1. The standard InChI is InChI=1S/C26H23ClN6O3S/c1-14-4-9-20-30-23-19(26(35)33(20)13-14)12-18(22(28)32(23)10-11-36-3)24-31-21(25(37-24)29-15(2)34)16-5-7-17(27)8-6-16/h4-9,12-13,28H,10-11H2,1-3H3,(H,29,34). The van der Waals surface area contributed by atoms with E-state index in [0.717, 1.165) is 11.1 Å². The topological polar surface area (TPSA) is 114 Å². The molecule has 2 N–H and O–H groups in total. The molecule has 9 nitrogen and oxygen atoms in total. The van der Waals surface area contributed by atoms with Crippen LogP contribution in [-0.4, -0.2) is 38.6 Å². The molecule has 1 aromatic carbocycles. The van der Waals surface area contributed by atoms with Crippen molar-refractivity contribution < 1.29 is 9.53 Å². The highest BCUT2D eigenvalue weighted by Gasteiger charge is 2.20. The summed E-state index contributed by atoms with van der Waals surface area (Å²) in [6.07, 6.45) is 1.74. The predicted molar refractivity (Wildman–Crippen MR) is 145 cm³/mol. The van der Waals surface area contributed by atoms with E-state index in [1.165, 1.54) is 22.7 Å². The summed E-state index contributed by atoms with van der Waals surface area (Å²) >= 11 is 7.30. The Hall–Kier alpha value is -3.86. The van der Waals surface area contributed by atoms with Gasteiger partial charge < -0.3 is 14.6 Å². The zero-order valence-corrected chi connectivity index (χ0v) is 21.9. The maximum atomic E-state index is 13.6. The SMILES string of the molecule is COCCn1c(=N)c(-c2nc(-c3ccc(Cl)cc3)c(NC(C)=O)s2)cc2c(=O)n3cc(C)ccc3nc21. The van der Waals surface area contributed by atoms with Crippen molar-refractivity contribution >= 4 is 50.5 Å². The van der Waals surface area contributed by atoms with Gasteiger partial charge in [-0.1, -0.05) is 41.1 Å². The number of carbonyl (C=O) groups is 1. The molecule has 4 heterocycles. The van der Waals surface area contributed by atoms with Gasteiger partial charge in [0.05, 0.1) is 17.6 Å². The van der Waals surface area contributed by atoms with Crippen molar-refractivity contribution in [2.75, 3.05) is 19.0 Å². The highest BCUT2D eigenvalue weighted by atomic mass is 35.5. The van der Waals surface area contributed by atoms with Crippen LogP contribution in [-0.2, 0) is 16.1 Å². The third-order valence-electron chi connectivity index (χ3n) is 5.84. The molecule has 0 unspecified atom stereocenters. The van der Waals surface area contributed by atoms with Crippen LogP contribution in [0.1, 0.15) is 12.5 Å². The smallest absolute Gasteiger partial charge is 0.267 e. The number of rotatable bonds is 6. The largest absolute Gasteiger partial charge is 0.383 e. The fourth-order valence-corrected chi connectivity index (χ4v) is 5.27. The summed E-state index contributed by atoms with van der Waals surface area (Å²) in [5.41, 5.74) is 3.48. The summed E-state index contributed by atoms with van der Waals surface area (Å²) in [5.74, 6) is -0.241. The second-order valence-corrected chi connectivity index (χ2v) is 9.96. The maximum Gasteiger partial charge on any atom is 0.267 e. The predicted octanol–water partition coefficient (Wildman–Crippen LogP) is 4.49. The highest BCUT2D eigenvalue weighted by molar-refractivity contribution is 7.19. The average Bonchev–Trinajstić information content (AvgIpc) is 3.27. The van der Waals surface area contributed by atoms with Gasteiger partial charge in [-0.3, -0.25) is 19.4 Å². The molecule has 0 fully saturated rings. The van der Waals surface area contributed by atoms with Crippen LogP contribution in [0.4, 0.5) is 5.00 Å². The minimum Gasteiger partial charge on any atom is -0.383 e. The first-order chi connectivity index (χ1) is 17.8. The molecule has 1 amide bonds. The van der Waals surface area contributed by atoms with Crippen molar-refractivity contribution in [3.05, 3.63) is 75.1 Å². The molecule has 0 saturated heterocycles. The molecule has 0 bridgehead atoms. The number of nitrogens with zero attached hydrogens (tertiary/aromatic N) is 4. The number of aryl methyl sites for hydroxylation is 1. The van der Waals surface area contributed by atoms with Crippen molar-refractivity contribution in [1.82, 2.24) is 18.9 Å². The van der Waals surface area contributed by atoms with Crippen LogP contribution in [0.15, 0.2) is 53.5 Å². The lowest BCUT2D eigenvalue weighted by atomic mass is 10.1. The highest BCUT2D eigenvalue weighted by Crippen LogP contribution is 2.37. The molecule has 11 heteroatoms. The van der Waals surface area contributed by atoms with Crippen molar-refractivity contribution in [2.24, 2.45) is 0 Å². The Labute approximate surface area is 220 Å². The van der Waals surface area contributed by atoms with E-state index < -0.39 is 0 Å². The number of thiazole rings is 1. The molecule has 37 heavy (non-hydrogen) atoms. The Morgan fingerprint density at radius 1 is 1.19 bits per heavy atom. The number of fused-ring (bicyclic) bond motifs is 2. The van der Waals surface area contributed by atoms with Crippen LogP contribution in [0, 0.1) is 12.3 Å². The molecule has 0 radical (unpaired) electrons. The second-order valence-electron chi connectivity index (χ2n) is 8.52. The number of anilines is 1. The van der Waals surface area contributed by atoms with E-state index in [4.69, 9.17) is 31.7 Å². The number of aromatic nitrogens is 4. The van der Waals surface area contributed by atoms with E-state index in [-0.39, 0.29) is 17.0 Å². The Kier molecular flexibility index (Phi) is 6.63. The van der Waals surface area contributed by atoms with Gasteiger partial charge in [0.25, 0.3) is 5.56 Å². The molecule has 0 aliphatic carbocycles. The van der Waals surface area contributed by atoms with Gasteiger partial charge >= 0.3 is 0 Å². The van der Waals surface area contributed by atoms with Gasteiger partial charge in [-0.05, 0) is 36.8 Å². The third kappa shape index (κ3) is 4.66. The lowest BCUT2D eigenvalue weighted by molar-refractivity contribution is -0.114. The normalized spacial score (nSPS) is 11.4. The maximum absolute atomic E-state index is 13.6. The van der Waals surface area contributed by atoms with Gasteiger partial charge in [0.15, 0.2) is 0 Å². The van der Waals surface area contributed by atoms with Gasteiger partial charge in [-0.15, -0.1) is 0 Å². The minimum atomic E-state index is -0.243. The Bertz CT molecular complexity index is 1790. The summed E-state index contributed by atoms with van der Waals surface area (Å²) in [7, 11) is 1.58. The van der Waals surface area contributed by atoms with Crippen molar-refractivity contribution in [3.8, 4) is 21.8 Å². The van der Waals surface area contributed by atoms with Gasteiger partial charge in [0.1, 0.15) is 32.5 Å². The fourth-order valence-electron chi connectivity index (χ4n) is 4.09. The van der Waals surface area contributed by atoms with E-state index >= 15 is 0 Å².